The maximum Gasteiger partial charge on any atom is 0.472 e. The molecule has 2 unspecified atom stereocenters. The predicted octanol–water partition coefficient (Wildman–Crippen LogP) is 17.9. The molecular weight excluding hydrogens is 846 g/mol. The summed E-state index contributed by atoms with van der Waals surface area (Å²) < 4.78 is 32.9. The van der Waals surface area contributed by atoms with Crippen molar-refractivity contribution >= 4 is 19.8 Å². The van der Waals surface area contributed by atoms with Crippen molar-refractivity contribution in [3.8, 4) is 0 Å². The van der Waals surface area contributed by atoms with Crippen molar-refractivity contribution < 1.29 is 37.6 Å². The first kappa shape index (κ1) is 65.0. The molecule has 0 aromatic heterocycles. The first-order valence-corrected chi connectivity index (χ1v) is 30.5. The van der Waals surface area contributed by atoms with Gasteiger partial charge < -0.3 is 20.1 Å². The van der Waals surface area contributed by atoms with E-state index >= 15 is 0 Å². The Morgan fingerprint density at radius 1 is 0.394 bits per heavy atom. The standard InChI is InChI=1S/C56H112NO8P/c1-3-5-7-9-11-13-15-17-18-19-20-21-22-23-24-25-26-27-28-29-30-31-32-33-34-35-36-37-39-41-43-45-47-49-56(59)65-54(53-64-66(60,61)63-51-50-57)52-62-55(58)48-46-44-42-40-38-16-14-12-10-8-6-4-2/h54H,3-53,57H2,1-2H3,(H,60,61). The highest BCUT2D eigenvalue weighted by Crippen LogP contribution is 2.43. The summed E-state index contributed by atoms with van der Waals surface area (Å²) in [5.41, 5.74) is 5.37. The molecule has 0 aromatic rings. The zero-order chi connectivity index (χ0) is 48.1. The summed E-state index contributed by atoms with van der Waals surface area (Å²) in [7, 11) is -4.37. The molecule has 3 N–H and O–H groups in total. The normalized spacial score (nSPS) is 13.0. The van der Waals surface area contributed by atoms with Crippen LogP contribution in [-0.4, -0.2) is 49.3 Å². The fourth-order valence-corrected chi connectivity index (χ4v) is 9.70. The zero-order valence-corrected chi connectivity index (χ0v) is 44.9. The number of phosphoric acid groups is 1. The first-order valence-electron chi connectivity index (χ1n) is 29.0. The van der Waals surface area contributed by atoms with Crippen LogP contribution in [0.1, 0.15) is 316 Å². The van der Waals surface area contributed by atoms with Gasteiger partial charge in [0.2, 0.25) is 0 Å². The van der Waals surface area contributed by atoms with Crippen LogP contribution in [0.2, 0.25) is 0 Å². The van der Waals surface area contributed by atoms with Crippen molar-refractivity contribution in [2.45, 2.75) is 322 Å². The fourth-order valence-electron chi connectivity index (χ4n) is 8.93. The maximum absolute atomic E-state index is 12.7. The average molecular weight is 958 g/mol. The van der Waals surface area contributed by atoms with Crippen LogP contribution in [0.25, 0.3) is 0 Å². The highest BCUT2D eigenvalue weighted by molar-refractivity contribution is 7.47. The third kappa shape index (κ3) is 52.4. The molecule has 0 fully saturated rings. The van der Waals surface area contributed by atoms with E-state index in [0.29, 0.717) is 6.42 Å². The van der Waals surface area contributed by atoms with Crippen LogP contribution in [0.15, 0.2) is 0 Å². The van der Waals surface area contributed by atoms with Gasteiger partial charge in [-0.3, -0.25) is 18.6 Å². The Hall–Kier alpha value is -0.990. The van der Waals surface area contributed by atoms with Gasteiger partial charge in [-0.25, -0.2) is 4.57 Å². The Bertz CT molecular complexity index is 1050. The van der Waals surface area contributed by atoms with E-state index in [0.717, 1.165) is 32.1 Å². The van der Waals surface area contributed by atoms with Gasteiger partial charge >= 0.3 is 19.8 Å². The molecule has 0 rings (SSSR count). The second-order valence-corrected chi connectivity index (χ2v) is 21.3. The molecule has 0 aliphatic rings. The number of phosphoric ester groups is 1. The SMILES string of the molecule is CCCCCCCCCCCCCCCCCCCCCCCCCCCCCCCCCCCC(=O)OC(COC(=O)CCCCCCCCCCCCCC)COP(=O)(O)OCCN. The van der Waals surface area contributed by atoms with E-state index in [9.17, 15) is 19.0 Å². The number of esters is 2. The van der Waals surface area contributed by atoms with Crippen molar-refractivity contribution in [1.29, 1.82) is 0 Å². The molecule has 0 aliphatic heterocycles. The maximum atomic E-state index is 12.7. The van der Waals surface area contributed by atoms with Gasteiger partial charge in [-0.1, -0.05) is 290 Å². The molecule has 0 heterocycles. The fraction of sp³-hybridized carbons (Fsp3) is 0.964. The van der Waals surface area contributed by atoms with Crippen LogP contribution in [0, 0.1) is 0 Å². The number of hydrogen-bond donors (Lipinski definition) is 2. The number of nitrogens with two attached hydrogens (primary N) is 1. The summed E-state index contributed by atoms with van der Waals surface area (Å²) >= 11 is 0. The predicted molar refractivity (Wildman–Crippen MR) is 280 cm³/mol. The van der Waals surface area contributed by atoms with Gasteiger partial charge in [-0.2, -0.15) is 0 Å². The molecule has 0 saturated heterocycles. The minimum atomic E-state index is -4.37. The summed E-state index contributed by atoms with van der Waals surface area (Å²) in [5, 5.41) is 0. The molecule has 394 valence electrons. The Labute approximate surface area is 409 Å². The van der Waals surface area contributed by atoms with Crippen molar-refractivity contribution in [1.82, 2.24) is 0 Å². The van der Waals surface area contributed by atoms with Crippen molar-refractivity contribution in [2.75, 3.05) is 26.4 Å². The largest absolute Gasteiger partial charge is 0.472 e. The molecular formula is C56H112NO8P. The lowest BCUT2D eigenvalue weighted by Crippen LogP contribution is -2.29. The number of hydrogen-bond acceptors (Lipinski definition) is 8. The molecule has 2 atom stereocenters. The van der Waals surface area contributed by atoms with Gasteiger partial charge in [0.15, 0.2) is 6.10 Å². The van der Waals surface area contributed by atoms with Crippen LogP contribution in [0.3, 0.4) is 0 Å². The Morgan fingerprint density at radius 2 is 0.652 bits per heavy atom. The van der Waals surface area contributed by atoms with Crippen LogP contribution in [0.5, 0.6) is 0 Å². The van der Waals surface area contributed by atoms with E-state index in [1.807, 2.05) is 0 Å². The van der Waals surface area contributed by atoms with E-state index in [1.54, 1.807) is 0 Å². The summed E-state index contributed by atoms with van der Waals surface area (Å²) in [5.74, 6) is -0.807. The number of carbonyl (C=O) groups excluding carboxylic acids is 2. The second kappa shape index (κ2) is 53.4. The summed E-state index contributed by atoms with van der Waals surface area (Å²) in [6, 6.07) is 0. The molecule has 10 heteroatoms. The highest BCUT2D eigenvalue weighted by atomic mass is 31.2. The van der Waals surface area contributed by atoms with Crippen LogP contribution in [-0.2, 0) is 32.7 Å². The van der Waals surface area contributed by atoms with Crippen molar-refractivity contribution in [3.63, 3.8) is 0 Å². The number of carbonyl (C=O) groups is 2. The van der Waals surface area contributed by atoms with Crippen LogP contribution in [0.4, 0.5) is 0 Å². The molecule has 0 bridgehead atoms. The monoisotopic (exact) mass is 958 g/mol. The van der Waals surface area contributed by atoms with E-state index in [2.05, 4.69) is 13.8 Å². The lowest BCUT2D eigenvalue weighted by atomic mass is 10.0. The third-order valence-electron chi connectivity index (χ3n) is 13.2. The lowest BCUT2D eigenvalue weighted by molar-refractivity contribution is -0.161. The van der Waals surface area contributed by atoms with E-state index in [4.69, 9.17) is 24.3 Å². The Kier molecular flexibility index (Phi) is 52.6. The van der Waals surface area contributed by atoms with Gasteiger partial charge in [0.05, 0.1) is 13.2 Å². The van der Waals surface area contributed by atoms with Crippen molar-refractivity contribution in [3.05, 3.63) is 0 Å². The third-order valence-corrected chi connectivity index (χ3v) is 14.2. The molecule has 0 spiro atoms. The summed E-state index contributed by atoms with van der Waals surface area (Å²) in [6.07, 6.45) is 59.0. The number of rotatable bonds is 56. The van der Waals surface area contributed by atoms with E-state index in [1.165, 1.54) is 250 Å². The molecule has 0 amide bonds. The molecule has 0 radical (unpaired) electrons. The van der Waals surface area contributed by atoms with E-state index in [-0.39, 0.29) is 38.6 Å². The minimum Gasteiger partial charge on any atom is -0.462 e. The number of unbranched alkanes of at least 4 members (excludes halogenated alkanes) is 43. The zero-order valence-electron chi connectivity index (χ0n) is 44.0. The van der Waals surface area contributed by atoms with Crippen LogP contribution >= 0.6 is 7.82 Å². The van der Waals surface area contributed by atoms with Gasteiger partial charge in [0.25, 0.3) is 0 Å². The molecule has 0 aliphatic carbocycles. The Morgan fingerprint density at radius 3 is 0.924 bits per heavy atom. The van der Waals surface area contributed by atoms with Crippen molar-refractivity contribution in [2.24, 2.45) is 5.73 Å². The van der Waals surface area contributed by atoms with Gasteiger partial charge in [-0.05, 0) is 12.8 Å². The average Bonchev–Trinajstić information content (AvgIpc) is 3.31. The van der Waals surface area contributed by atoms with E-state index < -0.39 is 26.5 Å². The topological polar surface area (TPSA) is 134 Å². The first-order chi connectivity index (χ1) is 32.3. The molecule has 0 saturated carbocycles. The Balaban J connectivity index is 3.76. The summed E-state index contributed by atoms with van der Waals surface area (Å²) in [6.45, 7) is 3.80. The van der Waals surface area contributed by atoms with Gasteiger partial charge in [0.1, 0.15) is 6.61 Å². The minimum absolute atomic E-state index is 0.0583. The number of ether oxygens (including phenoxy) is 2. The molecule has 9 nitrogen and oxygen atoms in total. The smallest absolute Gasteiger partial charge is 0.462 e. The second-order valence-electron chi connectivity index (χ2n) is 19.9. The van der Waals surface area contributed by atoms with Gasteiger partial charge in [-0.15, -0.1) is 0 Å². The quantitative estimate of drug-likeness (QED) is 0.0347. The molecule has 0 aromatic carbocycles. The lowest BCUT2D eigenvalue weighted by Gasteiger charge is -2.19. The van der Waals surface area contributed by atoms with Gasteiger partial charge in [0, 0.05) is 19.4 Å². The summed E-state index contributed by atoms with van der Waals surface area (Å²) in [4.78, 5) is 35.0. The molecule has 66 heavy (non-hydrogen) atoms. The van der Waals surface area contributed by atoms with Crippen LogP contribution < -0.4 is 5.73 Å². The highest BCUT2D eigenvalue weighted by Gasteiger charge is 2.26.